The van der Waals surface area contributed by atoms with E-state index in [2.05, 4.69) is 10.2 Å². The third-order valence-electron chi connectivity index (χ3n) is 3.83. The molecule has 2 aromatic heterocycles. The topological polar surface area (TPSA) is 61.4 Å². The maximum Gasteiger partial charge on any atom is 0.389 e. The zero-order chi connectivity index (χ0) is 18.7. The first-order chi connectivity index (χ1) is 12.4. The normalized spacial score (nSPS) is 12.3. The van der Waals surface area contributed by atoms with E-state index in [1.807, 2.05) is 0 Å². The van der Waals surface area contributed by atoms with E-state index in [0.717, 1.165) is 11.8 Å². The number of thioether (sulfide) groups is 1. The summed E-state index contributed by atoms with van der Waals surface area (Å²) >= 11 is 0.970. The van der Waals surface area contributed by atoms with Crippen LogP contribution in [0.4, 0.5) is 13.2 Å². The van der Waals surface area contributed by atoms with Crippen LogP contribution in [0.5, 0.6) is 0 Å². The second kappa shape index (κ2) is 7.67. The summed E-state index contributed by atoms with van der Waals surface area (Å²) in [5, 5.41) is 8.87. The van der Waals surface area contributed by atoms with Crippen molar-refractivity contribution in [2.24, 2.45) is 0 Å². The van der Waals surface area contributed by atoms with Gasteiger partial charge in [-0.3, -0.25) is 13.8 Å². The summed E-state index contributed by atoms with van der Waals surface area (Å²) in [6, 6.07) is 6.94. The van der Waals surface area contributed by atoms with Crippen LogP contribution in [-0.4, -0.2) is 44.8 Å². The van der Waals surface area contributed by atoms with E-state index in [0.29, 0.717) is 41.4 Å². The second-order valence-electron chi connectivity index (χ2n) is 5.65. The number of hydrogen-bond donors (Lipinski definition) is 0. The molecule has 0 aliphatic carbocycles. The highest BCUT2D eigenvalue weighted by Gasteiger charge is 2.27. The monoisotopic (exact) mass is 386 g/mol. The first-order valence-electron chi connectivity index (χ1n) is 7.97. The molecule has 0 radical (unpaired) electrons. The fourth-order valence-electron chi connectivity index (χ4n) is 2.65. The lowest BCUT2D eigenvalue weighted by Gasteiger charge is -2.11. The number of fused-ring (bicyclic) bond motifs is 3. The molecular formula is C16H17F3N4O2S. The number of alkyl halides is 3. The predicted octanol–water partition coefficient (Wildman–Crippen LogP) is 3.13. The minimum atomic E-state index is -4.22. The van der Waals surface area contributed by atoms with Gasteiger partial charge in [-0.1, -0.05) is 23.9 Å². The molecule has 3 aromatic rings. The van der Waals surface area contributed by atoms with Crippen molar-refractivity contribution in [1.82, 2.24) is 19.2 Å². The van der Waals surface area contributed by atoms with Crippen molar-refractivity contribution in [3.05, 3.63) is 34.6 Å². The summed E-state index contributed by atoms with van der Waals surface area (Å²) in [7, 11) is 1.57. The zero-order valence-electron chi connectivity index (χ0n) is 14.0. The number of benzene rings is 1. The number of ether oxygens (including phenoxy) is 1. The van der Waals surface area contributed by atoms with Crippen molar-refractivity contribution >= 4 is 28.4 Å². The molecule has 0 aliphatic heterocycles. The molecule has 140 valence electrons. The summed E-state index contributed by atoms with van der Waals surface area (Å²) < 4.78 is 45.4. The molecule has 3 rings (SSSR count). The Kier molecular flexibility index (Phi) is 5.52. The molecule has 2 heterocycles. The SMILES string of the molecule is COCCCn1c(=O)c2ccccc2n2c(SCCC(F)(F)F)nnc12. The molecule has 26 heavy (non-hydrogen) atoms. The Morgan fingerprint density at radius 2 is 2.00 bits per heavy atom. The van der Waals surface area contributed by atoms with Gasteiger partial charge in [0.2, 0.25) is 5.78 Å². The van der Waals surface area contributed by atoms with Crippen LogP contribution >= 0.6 is 11.8 Å². The van der Waals surface area contributed by atoms with Gasteiger partial charge in [0.25, 0.3) is 5.56 Å². The highest BCUT2D eigenvalue weighted by Crippen LogP contribution is 2.26. The lowest BCUT2D eigenvalue weighted by atomic mass is 10.2. The standard InChI is InChI=1S/C16H17F3N4O2S/c1-25-9-4-8-22-13(24)11-5-2-3-6-12(11)23-14(22)20-21-15(23)26-10-7-16(17,18)19/h2-3,5-6H,4,7-10H2,1H3. The Balaban J connectivity index is 2.07. The fraction of sp³-hybridized carbons (Fsp3) is 0.438. The molecule has 0 saturated heterocycles. The molecule has 0 spiro atoms. The number of hydrogen-bond acceptors (Lipinski definition) is 5. The third kappa shape index (κ3) is 3.85. The van der Waals surface area contributed by atoms with Gasteiger partial charge in [0.1, 0.15) is 0 Å². The van der Waals surface area contributed by atoms with Crippen molar-refractivity contribution in [2.45, 2.75) is 30.7 Å². The predicted molar refractivity (Wildman–Crippen MR) is 92.6 cm³/mol. The average Bonchev–Trinajstić information content (AvgIpc) is 3.01. The van der Waals surface area contributed by atoms with Crippen LogP contribution in [0.2, 0.25) is 0 Å². The summed E-state index contributed by atoms with van der Waals surface area (Å²) in [5.41, 5.74) is 0.374. The maximum absolute atomic E-state index is 12.8. The molecule has 0 amide bonds. The van der Waals surface area contributed by atoms with Crippen LogP contribution in [0.15, 0.2) is 34.2 Å². The summed E-state index contributed by atoms with van der Waals surface area (Å²) in [6.45, 7) is 0.860. The number of nitrogens with zero attached hydrogens (tertiary/aromatic N) is 4. The van der Waals surface area contributed by atoms with Gasteiger partial charge in [0.05, 0.1) is 17.3 Å². The Morgan fingerprint density at radius 3 is 2.73 bits per heavy atom. The maximum atomic E-state index is 12.8. The van der Waals surface area contributed by atoms with Gasteiger partial charge in [0, 0.05) is 26.0 Å². The van der Waals surface area contributed by atoms with Crippen molar-refractivity contribution < 1.29 is 17.9 Å². The van der Waals surface area contributed by atoms with Crippen molar-refractivity contribution in [2.75, 3.05) is 19.5 Å². The quantitative estimate of drug-likeness (QED) is 0.461. The Bertz CT molecular complexity index is 968. The van der Waals surface area contributed by atoms with E-state index in [4.69, 9.17) is 4.74 Å². The van der Waals surface area contributed by atoms with Gasteiger partial charge in [-0.15, -0.1) is 10.2 Å². The summed E-state index contributed by atoms with van der Waals surface area (Å²) in [6.07, 6.45) is -4.54. The number of methoxy groups -OCH3 is 1. The third-order valence-corrected chi connectivity index (χ3v) is 4.76. The summed E-state index contributed by atoms with van der Waals surface area (Å²) in [5.74, 6) is 0.154. The molecule has 0 bridgehead atoms. The first kappa shape index (κ1) is 18.7. The van der Waals surface area contributed by atoms with Gasteiger partial charge < -0.3 is 4.74 Å². The van der Waals surface area contributed by atoms with Gasteiger partial charge in [-0.25, -0.2) is 0 Å². The highest BCUT2D eigenvalue weighted by atomic mass is 32.2. The molecule has 0 saturated carbocycles. The van der Waals surface area contributed by atoms with Crippen LogP contribution in [0, 0.1) is 0 Å². The van der Waals surface area contributed by atoms with Crippen LogP contribution in [0.1, 0.15) is 12.8 Å². The molecule has 10 heteroatoms. The van der Waals surface area contributed by atoms with Crippen molar-refractivity contribution in [1.29, 1.82) is 0 Å². The van der Waals surface area contributed by atoms with Gasteiger partial charge >= 0.3 is 6.18 Å². The second-order valence-corrected chi connectivity index (χ2v) is 6.71. The average molecular weight is 386 g/mol. The number of aromatic nitrogens is 4. The smallest absolute Gasteiger partial charge is 0.385 e. The molecule has 1 aromatic carbocycles. The zero-order valence-corrected chi connectivity index (χ0v) is 14.8. The Hall–Kier alpha value is -2.07. The first-order valence-corrected chi connectivity index (χ1v) is 8.96. The fourth-order valence-corrected chi connectivity index (χ4v) is 3.58. The molecule has 0 fully saturated rings. The lowest BCUT2D eigenvalue weighted by Crippen LogP contribution is -2.24. The largest absolute Gasteiger partial charge is 0.389 e. The molecule has 0 atom stereocenters. The van der Waals surface area contributed by atoms with Gasteiger partial charge in [-0.2, -0.15) is 13.2 Å². The highest BCUT2D eigenvalue weighted by molar-refractivity contribution is 7.99. The van der Waals surface area contributed by atoms with Crippen molar-refractivity contribution in [3.63, 3.8) is 0 Å². The van der Waals surface area contributed by atoms with E-state index in [9.17, 15) is 18.0 Å². The van der Waals surface area contributed by atoms with E-state index >= 15 is 0 Å². The van der Waals surface area contributed by atoms with E-state index in [1.165, 1.54) is 4.57 Å². The Labute approximate surface area is 151 Å². The number of rotatable bonds is 7. The van der Waals surface area contributed by atoms with E-state index < -0.39 is 12.6 Å². The van der Waals surface area contributed by atoms with Gasteiger partial charge in [-0.05, 0) is 18.6 Å². The molecular weight excluding hydrogens is 369 g/mol. The van der Waals surface area contributed by atoms with Gasteiger partial charge in [0.15, 0.2) is 5.16 Å². The molecule has 0 N–H and O–H groups in total. The molecule has 0 aliphatic rings. The van der Waals surface area contributed by atoms with E-state index in [-0.39, 0.29) is 11.3 Å². The molecule has 0 unspecified atom stereocenters. The minimum Gasteiger partial charge on any atom is -0.385 e. The molecule has 6 nitrogen and oxygen atoms in total. The minimum absolute atomic E-state index is 0.165. The van der Waals surface area contributed by atoms with E-state index in [1.54, 1.807) is 35.8 Å². The van der Waals surface area contributed by atoms with Crippen LogP contribution < -0.4 is 5.56 Å². The number of halogens is 3. The summed E-state index contributed by atoms with van der Waals surface area (Å²) in [4.78, 5) is 12.8. The Morgan fingerprint density at radius 1 is 1.23 bits per heavy atom. The lowest BCUT2D eigenvalue weighted by molar-refractivity contribution is -0.129. The van der Waals surface area contributed by atoms with Crippen LogP contribution in [-0.2, 0) is 11.3 Å². The van der Waals surface area contributed by atoms with Crippen LogP contribution in [0.25, 0.3) is 16.7 Å². The van der Waals surface area contributed by atoms with Crippen LogP contribution in [0.3, 0.4) is 0 Å². The number of aryl methyl sites for hydroxylation is 1. The van der Waals surface area contributed by atoms with Crippen molar-refractivity contribution in [3.8, 4) is 0 Å². The number of para-hydroxylation sites is 1.